The molecule has 3 rings (SSSR count). The fourth-order valence-electron chi connectivity index (χ4n) is 3.78. The minimum atomic E-state index is 0.00605. The van der Waals surface area contributed by atoms with Crippen LogP contribution in [0.5, 0.6) is 0 Å². The topological polar surface area (TPSA) is 54.3 Å². The Morgan fingerprint density at radius 1 is 1.25 bits per heavy atom. The van der Waals surface area contributed by atoms with Gasteiger partial charge in [0.1, 0.15) is 7.85 Å². The van der Waals surface area contributed by atoms with Crippen LogP contribution in [-0.4, -0.2) is 36.6 Å². The molecule has 24 heavy (non-hydrogen) atoms. The highest BCUT2D eigenvalue weighted by Crippen LogP contribution is 2.23. The van der Waals surface area contributed by atoms with E-state index in [0.29, 0.717) is 12.5 Å². The van der Waals surface area contributed by atoms with Crippen molar-refractivity contribution >= 4 is 30.1 Å². The number of hydrogen-bond donors (Lipinski definition) is 2. The first-order chi connectivity index (χ1) is 11.7. The van der Waals surface area contributed by atoms with Crippen molar-refractivity contribution in [2.24, 2.45) is 5.92 Å². The third-order valence-corrected chi connectivity index (χ3v) is 5.15. The van der Waals surface area contributed by atoms with Crippen LogP contribution in [0, 0.1) is 5.92 Å². The lowest BCUT2D eigenvalue weighted by Crippen LogP contribution is -2.29. The van der Waals surface area contributed by atoms with Crippen LogP contribution in [0.4, 0.5) is 0 Å². The number of benzene rings is 1. The molecule has 1 heterocycles. The smallest absolute Gasteiger partial charge is 0.253 e. The summed E-state index contributed by atoms with van der Waals surface area (Å²) in [5.41, 5.74) is 2.87. The zero-order valence-corrected chi connectivity index (χ0v) is 14.6. The van der Waals surface area contributed by atoms with Crippen LogP contribution >= 0.6 is 0 Å². The molecule has 4 nitrogen and oxygen atoms in total. The fraction of sp³-hybridized carbons (Fsp3) is 0.526. The molecule has 1 aliphatic carbocycles. The van der Waals surface area contributed by atoms with E-state index in [2.05, 4.69) is 11.4 Å². The second-order valence-corrected chi connectivity index (χ2v) is 7.05. The Bertz CT molecular complexity index is 703. The van der Waals surface area contributed by atoms with Gasteiger partial charge in [0.2, 0.25) is 0 Å². The highest BCUT2D eigenvalue weighted by Gasteiger charge is 2.17. The minimum Gasteiger partial charge on any atom is -0.395 e. The molecule has 2 aromatic rings. The number of rotatable bonds is 5. The maximum absolute atomic E-state index is 12.7. The summed E-state index contributed by atoms with van der Waals surface area (Å²) in [5.74, 6) is 0.621. The normalized spacial score (nSPS) is 16.2. The van der Waals surface area contributed by atoms with Crippen LogP contribution in [0.1, 0.15) is 48.9 Å². The van der Waals surface area contributed by atoms with E-state index in [1.165, 1.54) is 38.5 Å². The number of aromatic nitrogens is 1. The minimum absolute atomic E-state index is 0.00605. The van der Waals surface area contributed by atoms with Crippen LogP contribution in [0.2, 0.25) is 0 Å². The third kappa shape index (κ3) is 3.83. The molecule has 0 aliphatic heterocycles. The summed E-state index contributed by atoms with van der Waals surface area (Å²) in [7, 11) is 2.04. The summed E-state index contributed by atoms with van der Waals surface area (Å²) in [4.78, 5) is 12.7. The first-order valence-electron chi connectivity index (χ1n) is 9.17. The summed E-state index contributed by atoms with van der Waals surface area (Å²) in [5, 5.41) is 13.4. The second kappa shape index (κ2) is 7.89. The molecule has 1 aromatic carbocycles. The highest BCUT2D eigenvalue weighted by molar-refractivity contribution is 6.33. The lowest BCUT2D eigenvalue weighted by Gasteiger charge is -2.14. The number of nitrogens with zero attached hydrogens (tertiary/aromatic N) is 1. The van der Waals surface area contributed by atoms with Gasteiger partial charge in [-0.05, 0) is 24.8 Å². The Morgan fingerprint density at radius 3 is 2.71 bits per heavy atom. The molecule has 128 valence electrons. The molecule has 0 saturated heterocycles. The van der Waals surface area contributed by atoms with E-state index >= 15 is 0 Å². The third-order valence-electron chi connectivity index (χ3n) is 5.15. The fourth-order valence-corrected chi connectivity index (χ4v) is 3.78. The molecule has 1 aliphatic rings. The largest absolute Gasteiger partial charge is 0.395 e. The quantitative estimate of drug-likeness (QED) is 0.648. The number of amides is 1. The molecule has 0 spiro atoms. The Balaban J connectivity index is 1.77. The Morgan fingerprint density at radius 2 is 2.00 bits per heavy atom. The lowest BCUT2D eigenvalue weighted by atomic mass is 9.94. The maximum atomic E-state index is 12.7. The average molecular weight is 326 g/mol. The molecule has 0 unspecified atom stereocenters. The van der Waals surface area contributed by atoms with Crippen molar-refractivity contribution in [3.63, 3.8) is 0 Å². The number of carbonyl (C=O) groups excluding carboxylic acids is 1. The number of nitrogens with one attached hydrogen (secondary N) is 1. The standard InChI is InChI=1S/C19H27BN2O2/c20-15-7-8-18-16(11-15)17(13-22(18)9-10-23)19(24)21-12-14-5-3-1-2-4-6-14/h7-8,11,13-14,23H,1-6,9-10,12,20H2,(H,21,24). The van der Waals surface area contributed by atoms with Crippen molar-refractivity contribution in [2.75, 3.05) is 13.2 Å². The number of aliphatic hydroxyl groups is 1. The van der Waals surface area contributed by atoms with Crippen LogP contribution in [-0.2, 0) is 6.54 Å². The van der Waals surface area contributed by atoms with E-state index in [1.54, 1.807) is 0 Å². The predicted molar refractivity (Wildman–Crippen MR) is 101 cm³/mol. The predicted octanol–water partition coefficient (Wildman–Crippen LogP) is 1.59. The molecular weight excluding hydrogens is 299 g/mol. The summed E-state index contributed by atoms with van der Waals surface area (Å²) in [6.45, 7) is 1.35. The van der Waals surface area contributed by atoms with Crippen LogP contribution in [0.25, 0.3) is 10.9 Å². The molecular formula is C19H27BN2O2. The van der Waals surface area contributed by atoms with Crippen molar-refractivity contribution in [3.05, 3.63) is 30.0 Å². The van der Waals surface area contributed by atoms with Gasteiger partial charge in [0.05, 0.1) is 12.2 Å². The SMILES string of the molecule is Bc1ccc2c(c1)c(C(=O)NCC1CCCCCC1)cn2CCO. The Labute approximate surface area is 144 Å². The molecule has 0 bridgehead atoms. The van der Waals surface area contributed by atoms with E-state index in [0.717, 1.165) is 28.5 Å². The summed E-state index contributed by atoms with van der Waals surface area (Å²) in [6, 6.07) is 6.13. The Kier molecular flexibility index (Phi) is 5.61. The first kappa shape index (κ1) is 17.1. The van der Waals surface area contributed by atoms with Gasteiger partial charge in [-0.2, -0.15) is 0 Å². The average Bonchev–Trinajstić information content (AvgIpc) is 2.75. The van der Waals surface area contributed by atoms with E-state index in [9.17, 15) is 9.90 Å². The monoisotopic (exact) mass is 326 g/mol. The molecule has 1 amide bonds. The number of carbonyl (C=O) groups is 1. The molecule has 2 N–H and O–H groups in total. The van der Waals surface area contributed by atoms with Gasteiger partial charge >= 0.3 is 0 Å². The maximum Gasteiger partial charge on any atom is 0.253 e. The van der Waals surface area contributed by atoms with E-state index in [-0.39, 0.29) is 12.5 Å². The van der Waals surface area contributed by atoms with Crippen molar-refractivity contribution < 1.29 is 9.90 Å². The zero-order valence-electron chi connectivity index (χ0n) is 14.6. The van der Waals surface area contributed by atoms with Crippen molar-refractivity contribution in [1.82, 2.24) is 9.88 Å². The van der Waals surface area contributed by atoms with Crippen LogP contribution < -0.4 is 10.8 Å². The van der Waals surface area contributed by atoms with Gasteiger partial charge in [-0.25, -0.2) is 0 Å². The zero-order chi connectivity index (χ0) is 16.9. The summed E-state index contributed by atoms with van der Waals surface area (Å²) in [6.07, 6.45) is 9.57. The van der Waals surface area contributed by atoms with Gasteiger partial charge in [0, 0.05) is 30.2 Å². The lowest BCUT2D eigenvalue weighted by molar-refractivity contribution is 0.0947. The second-order valence-electron chi connectivity index (χ2n) is 7.05. The molecule has 5 heteroatoms. The summed E-state index contributed by atoms with van der Waals surface area (Å²) >= 11 is 0. The molecule has 1 aromatic heterocycles. The van der Waals surface area contributed by atoms with Crippen molar-refractivity contribution in [2.45, 2.75) is 45.1 Å². The number of aliphatic hydroxyl groups excluding tert-OH is 1. The van der Waals surface area contributed by atoms with Gasteiger partial charge < -0.3 is 15.0 Å². The van der Waals surface area contributed by atoms with Gasteiger partial charge in [-0.1, -0.05) is 43.3 Å². The van der Waals surface area contributed by atoms with E-state index in [1.807, 2.05) is 30.7 Å². The Hall–Kier alpha value is -1.75. The first-order valence-corrected chi connectivity index (χ1v) is 9.17. The van der Waals surface area contributed by atoms with Gasteiger partial charge in [0.25, 0.3) is 5.91 Å². The van der Waals surface area contributed by atoms with Gasteiger partial charge in [-0.3, -0.25) is 4.79 Å². The van der Waals surface area contributed by atoms with Gasteiger partial charge in [-0.15, -0.1) is 0 Å². The van der Waals surface area contributed by atoms with E-state index < -0.39 is 0 Å². The highest BCUT2D eigenvalue weighted by atomic mass is 16.3. The molecule has 0 atom stereocenters. The number of fused-ring (bicyclic) bond motifs is 1. The van der Waals surface area contributed by atoms with Crippen LogP contribution in [0.15, 0.2) is 24.4 Å². The van der Waals surface area contributed by atoms with Crippen LogP contribution in [0.3, 0.4) is 0 Å². The van der Waals surface area contributed by atoms with Gasteiger partial charge in [0.15, 0.2) is 0 Å². The molecule has 1 fully saturated rings. The summed E-state index contributed by atoms with van der Waals surface area (Å²) < 4.78 is 1.97. The number of hydrogen-bond acceptors (Lipinski definition) is 2. The van der Waals surface area contributed by atoms with Crippen molar-refractivity contribution in [3.8, 4) is 0 Å². The molecule has 1 saturated carbocycles. The van der Waals surface area contributed by atoms with Crippen molar-refractivity contribution in [1.29, 1.82) is 0 Å². The molecule has 0 radical (unpaired) electrons. The van der Waals surface area contributed by atoms with E-state index in [4.69, 9.17) is 0 Å².